The molecule has 4 atom stereocenters. The van der Waals surface area contributed by atoms with Gasteiger partial charge in [-0.25, -0.2) is 0 Å². The molecule has 2 aliphatic carbocycles. The molecule has 2 saturated carbocycles. The standard InChI is InChI=1S/C14H19N3O/c1-8-4-5-9(6-8)12-16-13(18-17-12)11-10(7-15)14(11,2)3/h8-11H,4-6H2,1-3H3. The lowest BCUT2D eigenvalue weighted by Crippen LogP contribution is -1.97. The topological polar surface area (TPSA) is 62.7 Å². The molecule has 0 bridgehead atoms. The van der Waals surface area contributed by atoms with Gasteiger partial charge in [0.1, 0.15) is 0 Å². The van der Waals surface area contributed by atoms with Gasteiger partial charge in [0, 0.05) is 5.92 Å². The molecule has 0 spiro atoms. The van der Waals surface area contributed by atoms with Crippen molar-refractivity contribution >= 4 is 0 Å². The lowest BCUT2D eigenvalue weighted by Gasteiger charge is -2.01. The summed E-state index contributed by atoms with van der Waals surface area (Å²) in [7, 11) is 0. The lowest BCUT2D eigenvalue weighted by atomic mass is 10.1. The number of hydrogen-bond acceptors (Lipinski definition) is 4. The normalized spacial score (nSPS) is 37.4. The molecule has 0 radical (unpaired) electrons. The summed E-state index contributed by atoms with van der Waals surface area (Å²) >= 11 is 0. The predicted octanol–water partition coefficient (Wildman–Crippen LogP) is 3.24. The zero-order valence-electron chi connectivity index (χ0n) is 11.2. The second-order valence-corrected chi connectivity index (χ2v) is 6.51. The molecule has 96 valence electrons. The molecule has 2 aliphatic rings. The minimum Gasteiger partial charge on any atom is -0.339 e. The number of hydrogen-bond donors (Lipinski definition) is 0. The van der Waals surface area contributed by atoms with Crippen molar-refractivity contribution in [3.8, 4) is 6.07 Å². The van der Waals surface area contributed by atoms with Crippen LogP contribution in [0.15, 0.2) is 4.52 Å². The van der Waals surface area contributed by atoms with E-state index in [1.807, 2.05) is 0 Å². The van der Waals surface area contributed by atoms with Gasteiger partial charge in [0.05, 0.1) is 17.9 Å². The van der Waals surface area contributed by atoms with Crippen LogP contribution in [0.4, 0.5) is 0 Å². The van der Waals surface area contributed by atoms with Crippen molar-refractivity contribution in [3.05, 3.63) is 11.7 Å². The van der Waals surface area contributed by atoms with Crippen molar-refractivity contribution < 1.29 is 4.52 Å². The van der Waals surface area contributed by atoms with Crippen LogP contribution in [0.3, 0.4) is 0 Å². The average Bonchev–Trinajstić information content (AvgIpc) is 2.77. The molecule has 0 aliphatic heterocycles. The number of nitrogens with zero attached hydrogens (tertiary/aromatic N) is 3. The van der Waals surface area contributed by atoms with Crippen LogP contribution >= 0.6 is 0 Å². The number of aromatic nitrogens is 2. The summed E-state index contributed by atoms with van der Waals surface area (Å²) in [6.45, 7) is 6.46. The Morgan fingerprint density at radius 1 is 1.39 bits per heavy atom. The smallest absolute Gasteiger partial charge is 0.231 e. The fourth-order valence-corrected chi connectivity index (χ4v) is 3.32. The molecule has 1 aromatic heterocycles. The maximum Gasteiger partial charge on any atom is 0.231 e. The average molecular weight is 245 g/mol. The van der Waals surface area contributed by atoms with E-state index in [1.54, 1.807) is 0 Å². The van der Waals surface area contributed by atoms with E-state index >= 15 is 0 Å². The molecule has 3 rings (SSSR count). The van der Waals surface area contributed by atoms with Gasteiger partial charge < -0.3 is 4.52 Å². The van der Waals surface area contributed by atoms with Crippen LogP contribution in [0.1, 0.15) is 63.6 Å². The summed E-state index contributed by atoms with van der Waals surface area (Å²) in [6.07, 6.45) is 3.58. The van der Waals surface area contributed by atoms with Gasteiger partial charge in [-0.05, 0) is 30.6 Å². The monoisotopic (exact) mass is 245 g/mol. The number of rotatable bonds is 2. The first kappa shape index (κ1) is 11.7. The van der Waals surface area contributed by atoms with Crippen molar-refractivity contribution in [2.24, 2.45) is 17.3 Å². The van der Waals surface area contributed by atoms with E-state index in [1.165, 1.54) is 6.42 Å². The van der Waals surface area contributed by atoms with E-state index in [9.17, 15) is 0 Å². The Hall–Kier alpha value is -1.37. The fraction of sp³-hybridized carbons (Fsp3) is 0.786. The highest BCUT2D eigenvalue weighted by Gasteiger charge is 2.62. The first-order valence-corrected chi connectivity index (χ1v) is 6.77. The van der Waals surface area contributed by atoms with Gasteiger partial charge in [0.25, 0.3) is 0 Å². The quantitative estimate of drug-likeness (QED) is 0.802. The molecule has 0 aromatic carbocycles. The first-order chi connectivity index (χ1) is 8.54. The molecule has 0 amide bonds. The van der Waals surface area contributed by atoms with Crippen molar-refractivity contribution in [2.45, 2.75) is 51.9 Å². The van der Waals surface area contributed by atoms with Crippen LogP contribution in [0.5, 0.6) is 0 Å². The van der Waals surface area contributed by atoms with Gasteiger partial charge in [-0.1, -0.05) is 25.9 Å². The highest BCUT2D eigenvalue weighted by molar-refractivity contribution is 5.26. The van der Waals surface area contributed by atoms with Gasteiger partial charge in [-0.15, -0.1) is 0 Å². The Morgan fingerprint density at radius 2 is 2.17 bits per heavy atom. The van der Waals surface area contributed by atoms with Crippen molar-refractivity contribution in [1.82, 2.24) is 10.1 Å². The molecule has 0 N–H and O–H groups in total. The largest absolute Gasteiger partial charge is 0.339 e. The van der Waals surface area contributed by atoms with E-state index in [0.717, 1.165) is 24.6 Å². The molecule has 1 aromatic rings. The Bertz CT molecular complexity index is 499. The highest BCUT2D eigenvalue weighted by Crippen LogP contribution is 2.63. The van der Waals surface area contributed by atoms with Crippen molar-refractivity contribution in [1.29, 1.82) is 5.26 Å². The summed E-state index contributed by atoms with van der Waals surface area (Å²) in [5.74, 6) is 2.90. The van der Waals surface area contributed by atoms with Gasteiger partial charge >= 0.3 is 0 Å². The second-order valence-electron chi connectivity index (χ2n) is 6.51. The van der Waals surface area contributed by atoms with E-state index in [0.29, 0.717) is 11.8 Å². The third kappa shape index (κ3) is 1.65. The zero-order chi connectivity index (χ0) is 12.9. The maximum absolute atomic E-state index is 9.09. The highest BCUT2D eigenvalue weighted by atomic mass is 16.5. The molecule has 1 heterocycles. The van der Waals surface area contributed by atoms with E-state index in [2.05, 4.69) is 37.0 Å². The van der Waals surface area contributed by atoms with E-state index in [4.69, 9.17) is 9.78 Å². The maximum atomic E-state index is 9.09. The molecule has 0 saturated heterocycles. The molecule has 4 heteroatoms. The van der Waals surface area contributed by atoms with E-state index < -0.39 is 0 Å². The summed E-state index contributed by atoms with van der Waals surface area (Å²) in [4.78, 5) is 4.55. The SMILES string of the molecule is CC1CCC(c2noc(C3C(C#N)C3(C)C)n2)C1. The molecule has 4 unspecified atom stereocenters. The van der Waals surface area contributed by atoms with Crippen molar-refractivity contribution in [3.63, 3.8) is 0 Å². The summed E-state index contributed by atoms with van der Waals surface area (Å²) < 4.78 is 5.39. The zero-order valence-corrected chi connectivity index (χ0v) is 11.2. The van der Waals surface area contributed by atoms with Crippen LogP contribution in [0.25, 0.3) is 0 Å². The second kappa shape index (κ2) is 3.81. The van der Waals surface area contributed by atoms with Crippen LogP contribution in [-0.2, 0) is 0 Å². The third-order valence-corrected chi connectivity index (χ3v) is 4.75. The molecule has 4 nitrogen and oxygen atoms in total. The Morgan fingerprint density at radius 3 is 2.72 bits per heavy atom. The molecular weight excluding hydrogens is 226 g/mol. The summed E-state index contributed by atoms with van der Waals surface area (Å²) in [5.41, 5.74) is -0.0124. The number of nitriles is 1. The van der Waals surface area contributed by atoms with Gasteiger partial charge in [0.15, 0.2) is 5.82 Å². The van der Waals surface area contributed by atoms with Crippen LogP contribution < -0.4 is 0 Å². The first-order valence-electron chi connectivity index (χ1n) is 6.77. The van der Waals surface area contributed by atoms with Crippen LogP contribution in [-0.4, -0.2) is 10.1 Å². The van der Waals surface area contributed by atoms with E-state index in [-0.39, 0.29) is 17.3 Å². The molecule has 18 heavy (non-hydrogen) atoms. The Kier molecular flexibility index (Phi) is 2.48. The van der Waals surface area contributed by atoms with Crippen LogP contribution in [0.2, 0.25) is 0 Å². The van der Waals surface area contributed by atoms with Gasteiger partial charge in [-0.3, -0.25) is 0 Å². The summed E-state index contributed by atoms with van der Waals surface area (Å²) in [6, 6.07) is 2.34. The lowest BCUT2D eigenvalue weighted by molar-refractivity contribution is 0.359. The molecular formula is C14H19N3O. The van der Waals surface area contributed by atoms with Crippen LogP contribution in [0, 0.1) is 28.6 Å². The van der Waals surface area contributed by atoms with Gasteiger partial charge in [0.2, 0.25) is 5.89 Å². The Labute approximate surface area is 107 Å². The Balaban J connectivity index is 1.77. The molecule has 2 fully saturated rings. The minimum absolute atomic E-state index is 0.0124. The van der Waals surface area contributed by atoms with Gasteiger partial charge in [-0.2, -0.15) is 10.2 Å². The fourth-order valence-electron chi connectivity index (χ4n) is 3.32. The van der Waals surface area contributed by atoms with Crippen molar-refractivity contribution in [2.75, 3.05) is 0 Å². The third-order valence-electron chi connectivity index (χ3n) is 4.75. The summed E-state index contributed by atoms with van der Waals surface area (Å²) in [5, 5.41) is 13.2. The predicted molar refractivity (Wildman–Crippen MR) is 65.7 cm³/mol. The minimum atomic E-state index is -0.0124.